The SMILES string of the molecule is CCCC(C)Nc1cccc(-n2cnnc2)c1. The molecule has 4 heteroatoms. The Kier molecular flexibility index (Phi) is 3.75. The molecular weight excluding hydrogens is 212 g/mol. The zero-order valence-corrected chi connectivity index (χ0v) is 10.3. The van der Waals surface area contributed by atoms with Crippen molar-refractivity contribution in [2.45, 2.75) is 32.7 Å². The van der Waals surface area contributed by atoms with Crippen molar-refractivity contribution in [3.8, 4) is 5.69 Å². The summed E-state index contributed by atoms with van der Waals surface area (Å²) in [5.74, 6) is 0. The molecule has 2 aromatic rings. The lowest BCUT2D eigenvalue weighted by Crippen LogP contribution is -2.14. The fourth-order valence-electron chi connectivity index (χ4n) is 1.88. The third-order valence-electron chi connectivity index (χ3n) is 2.70. The van der Waals surface area contributed by atoms with E-state index in [2.05, 4.69) is 41.5 Å². The van der Waals surface area contributed by atoms with Crippen molar-refractivity contribution in [2.75, 3.05) is 5.32 Å². The summed E-state index contributed by atoms with van der Waals surface area (Å²) in [4.78, 5) is 0. The molecule has 0 saturated carbocycles. The molecule has 1 aromatic carbocycles. The monoisotopic (exact) mass is 230 g/mol. The predicted octanol–water partition coefficient (Wildman–Crippen LogP) is 2.87. The molecule has 17 heavy (non-hydrogen) atoms. The standard InChI is InChI=1S/C13H18N4/c1-3-5-11(2)16-12-6-4-7-13(8-12)17-9-14-15-10-17/h4,6-11,16H,3,5H2,1-2H3. The topological polar surface area (TPSA) is 42.7 Å². The van der Waals surface area contributed by atoms with Gasteiger partial charge in [0.2, 0.25) is 0 Å². The Hall–Kier alpha value is -1.84. The van der Waals surface area contributed by atoms with E-state index < -0.39 is 0 Å². The highest BCUT2D eigenvalue weighted by Gasteiger charge is 2.02. The first kappa shape index (κ1) is 11.6. The first-order valence-electron chi connectivity index (χ1n) is 6.01. The maximum Gasteiger partial charge on any atom is 0.123 e. The summed E-state index contributed by atoms with van der Waals surface area (Å²) in [6, 6.07) is 8.77. The molecule has 0 saturated heterocycles. The minimum Gasteiger partial charge on any atom is -0.383 e. The summed E-state index contributed by atoms with van der Waals surface area (Å²) >= 11 is 0. The smallest absolute Gasteiger partial charge is 0.123 e. The van der Waals surface area contributed by atoms with Gasteiger partial charge in [-0.25, -0.2) is 0 Å². The van der Waals surface area contributed by atoms with Crippen LogP contribution in [0.5, 0.6) is 0 Å². The van der Waals surface area contributed by atoms with Crippen molar-refractivity contribution in [1.29, 1.82) is 0 Å². The fraction of sp³-hybridized carbons (Fsp3) is 0.385. The molecule has 2 rings (SSSR count). The van der Waals surface area contributed by atoms with Gasteiger partial charge >= 0.3 is 0 Å². The lowest BCUT2D eigenvalue weighted by molar-refractivity contribution is 0.690. The quantitative estimate of drug-likeness (QED) is 0.858. The van der Waals surface area contributed by atoms with Crippen LogP contribution in [0.25, 0.3) is 5.69 Å². The third-order valence-corrected chi connectivity index (χ3v) is 2.70. The van der Waals surface area contributed by atoms with Gasteiger partial charge in [-0.05, 0) is 31.5 Å². The Morgan fingerprint density at radius 2 is 2.06 bits per heavy atom. The van der Waals surface area contributed by atoms with Crippen LogP contribution in [0.1, 0.15) is 26.7 Å². The molecule has 1 atom stereocenters. The highest BCUT2D eigenvalue weighted by atomic mass is 15.2. The van der Waals surface area contributed by atoms with Gasteiger partial charge in [-0.2, -0.15) is 0 Å². The van der Waals surface area contributed by atoms with E-state index in [4.69, 9.17) is 0 Å². The van der Waals surface area contributed by atoms with Crippen molar-refractivity contribution >= 4 is 5.69 Å². The maximum atomic E-state index is 3.81. The Morgan fingerprint density at radius 3 is 2.76 bits per heavy atom. The molecule has 0 aliphatic rings. The van der Waals surface area contributed by atoms with E-state index in [1.165, 1.54) is 12.8 Å². The average Bonchev–Trinajstić information content (AvgIpc) is 2.83. The van der Waals surface area contributed by atoms with E-state index in [9.17, 15) is 0 Å². The molecule has 0 bridgehead atoms. The minimum absolute atomic E-state index is 0.496. The number of aromatic nitrogens is 3. The Bertz CT molecular complexity index is 450. The third kappa shape index (κ3) is 3.06. The van der Waals surface area contributed by atoms with Crippen LogP contribution >= 0.6 is 0 Å². The first-order chi connectivity index (χ1) is 8.29. The van der Waals surface area contributed by atoms with Crippen LogP contribution in [0.2, 0.25) is 0 Å². The van der Waals surface area contributed by atoms with Crippen LogP contribution in [-0.2, 0) is 0 Å². The van der Waals surface area contributed by atoms with E-state index in [0.29, 0.717) is 6.04 Å². The van der Waals surface area contributed by atoms with E-state index in [0.717, 1.165) is 11.4 Å². The molecule has 0 aliphatic carbocycles. The molecule has 90 valence electrons. The molecule has 0 spiro atoms. The second-order valence-electron chi connectivity index (χ2n) is 4.25. The molecule has 0 radical (unpaired) electrons. The maximum absolute atomic E-state index is 3.81. The zero-order valence-electron chi connectivity index (χ0n) is 10.3. The van der Waals surface area contributed by atoms with Crippen LogP contribution in [0.3, 0.4) is 0 Å². The van der Waals surface area contributed by atoms with Crippen LogP contribution in [-0.4, -0.2) is 20.8 Å². The number of anilines is 1. The second kappa shape index (κ2) is 5.48. The van der Waals surface area contributed by atoms with E-state index in [1.807, 2.05) is 16.7 Å². The minimum atomic E-state index is 0.496. The summed E-state index contributed by atoms with van der Waals surface area (Å²) in [7, 11) is 0. The molecular formula is C13H18N4. The van der Waals surface area contributed by atoms with Gasteiger partial charge < -0.3 is 5.32 Å². The first-order valence-corrected chi connectivity index (χ1v) is 6.01. The molecule has 1 N–H and O–H groups in total. The van der Waals surface area contributed by atoms with Gasteiger partial charge in [-0.3, -0.25) is 4.57 Å². The highest BCUT2D eigenvalue weighted by Crippen LogP contribution is 2.15. The second-order valence-corrected chi connectivity index (χ2v) is 4.25. The number of nitrogens with zero attached hydrogens (tertiary/aromatic N) is 3. The summed E-state index contributed by atoms with van der Waals surface area (Å²) in [6.07, 6.45) is 5.78. The van der Waals surface area contributed by atoms with Crippen molar-refractivity contribution in [2.24, 2.45) is 0 Å². The number of hydrogen-bond donors (Lipinski definition) is 1. The van der Waals surface area contributed by atoms with Gasteiger partial charge in [-0.15, -0.1) is 10.2 Å². The van der Waals surface area contributed by atoms with Gasteiger partial charge in [0.1, 0.15) is 12.7 Å². The number of benzene rings is 1. The van der Waals surface area contributed by atoms with E-state index in [-0.39, 0.29) is 0 Å². The van der Waals surface area contributed by atoms with E-state index in [1.54, 1.807) is 12.7 Å². The predicted molar refractivity (Wildman–Crippen MR) is 69.4 cm³/mol. The van der Waals surface area contributed by atoms with Gasteiger partial charge in [-0.1, -0.05) is 19.4 Å². The molecule has 0 amide bonds. The van der Waals surface area contributed by atoms with Gasteiger partial charge in [0.05, 0.1) is 5.69 Å². The largest absolute Gasteiger partial charge is 0.383 e. The number of nitrogens with one attached hydrogen (secondary N) is 1. The summed E-state index contributed by atoms with van der Waals surface area (Å²) in [5.41, 5.74) is 2.21. The lowest BCUT2D eigenvalue weighted by Gasteiger charge is -2.15. The summed E-state index contributed by atoms with van der Waals surface area (Å²) in [6.45, 7) is 4.40. The molecule has 1 unspecified atom stereocenters. The summed E-state index contributed by atoms with van der Waals surface area (Å²) in [5, 5.41) is 11.1. The molecule has 0 fully saturated rings. The van der Waals surface area contributed by atoms with Crippen molar-refractivity contribution in [3.05, 3.63) is 36.9 Å². The van der Waals surface area contributed by atoms with Crippen LogP contribution in [0.4, 0.5) is 5.69 Å². The van der Waals surface area contributed by atoms with Crippen molar-refractivity contribution in [3.63, 3.8) is 0 Å². The Morgan fingerprint density at radius 1 is 1.29 bits per heavy atom. The Labute approximate surface area is 102 Å². The Balaban J connectivity index is 2.12. The number of hydrogen-bond acceptors (Lipinski definition) is 3. The molecule has 1 aromatic heterocycles. The van der Waals surface area contributed by atoms with Gasteiger partial charge in [0, 0.05) is 11.7 Å². The van der Waals surface area contributed by atoms with Crippen LogP contribution in [0.15, 0.2) is 36.9 Å². The highest BCUT2D eigenvalue weighted by molar-refractivity contribution is 5.51. The van der Waals surface area contributed by atoms with Crippen LogP contribution in [0, 0.1) is 0 Å². The lowest BCUT2D eigenvalue weighted by atomic mass is 10.2. The van der Waals surface area contributed by atoms with Crippen molar-refractivity contribution in [1.82, 2.24) is 14.8 Å². The van der Waals surface area contributed by atoms with Crippen LogP contribution < -0.4 is 5.32 Å². The molecule has 4 nitrogen and oxygen atoms in total. The fourth-order valence-corrected chi connectivity index (χ4v) is 1.88. The molecule has 1 heterocycles. The van der Waals surface area contributed by atoms with Crippen molar-refractivity contribution < 1.29 is 0 Å². The van der Waals surface area contributed by atoms with Gasteiger partial charge in [0.15, 0.2) is 0 Å². The normalized spacial score (nSPS) is 12.4. The summed E-state index contributed by atoms with van der Waals surface area (Å²) < 4.78 is 1.90. The van der Waals surface area contributed by atoms with E-state index >= 15 is 0 Å². The molecule has 0 aliphatic heterocycles. The number of rotatable bonds is 5. The zero-order chi connectivity index (χ0) is 12.1. The average molecular weight is 230 g/mol. The van der Waals surface area contributed by atoms with Gasteiger partial charge in [0.25, 0.3) is 0 Å².